The molecule has 0 fully saturated rings. The Hall–Kier alpha value is -2.42. The van der Waals surface area contributed by atoms with Gasteiger partial charge in [-0.05, 0) is 19.1 Å². The summed E-state index contributed by atoms with van der Waals surface area (Å²) in [6.07, 6.45) is 3.06. The van der Waals surface area contributed by atoms with Gasteiger partial charge in [0.15, 0.2) is 11.6 Å². The highest BCUT2D eigenvalue weighted by atomic mass is 16.5. The maximum Gasteiger partial charge on any atom is 0.252 e. The second-order valence-electron chi connectivity index (χ2n) is 2.88. The third-order valence-electron chi connectivity index (χ3n) is 1.86. The number of hydrogen-bond donors (Lipinski definition) is 0. The van der Waals surface area contributed by atoms with Gasteiger partial charge in [-0.25, -0.2) is 9.97 Å². The zero-order valence-electron chi connectivity index (χ0n) is 8.66. The number of hydrogen-bond acceptors (Lipinski definition) is 5. The molecule has 2 heterocycles. The lowest BCUT2D eigenvalue weighted by Gasteiger charge is -2.07. The first-order valence-corrected chi connectivity index (χ1v) is 4.75. The summed E-state index contributed by atoms with van der Waals surface area (Å²) >= 11 is 0. The molecule has 2 aromatic heterocycles. The molecule has 0 aromatic carbocycles. The Morgan fingerprint density at radius 1 is 1.50 bits per heavy atom. The summed E-state index contributed by atoms with van der Waals surface area (Å²) in [4.78, 5) is 7.95. The van der Waals surface area contributed by atoms with Crippen molar-refractivity contribution in [2.45, 2.75) is 6.92 Å². The van der Waals surface area contributed by atoms with Crippen molar-refractivity contribution in [2.75, 3.05) is 6.61 Å². The van der Waals surface area contributed by atoms with Gasteiger partial charge in [-0.1, -0.05) is 0 Å². The second kappa shape index (κ2) is 4.40. The summed E-state index contributed by atoms with van der Waals surface area (Å²) in [5, 5.41) is 12.6. The first-order chi connectivity index (χ1) is 7.85. The summed E-state index contributed by atoms with van der Waals surface area (Å²) in [6.45, 7) is 2.43. The predicted octanol–water partition coefficient (Wildman–Crippen LogP) is 0.933. The van der Waals surface area contributed by atoms with Crippen LogP contribution in [-0.2, 0) is 0 Å². The summed E-state index contributed by atoms with van der Waals surface area (Å²) in [7, 11) is 0. The molecule has 0 aliphatic rings. The van der Waals surface area contributed by atoms with E-state index in [2.05, 4.69) is 15.1 Å². The molecule has 0 N–H and O–H groups in total. The van der Waals surface area contributed by atoms with Gasteiger partial charge in [-0.3, -0.25) is 0 Å². The minimum Gasteiger partial charge on any atom is -0.490 e. The summed E-state index contributed by atoms with van der Waals surface area (Å²) in [5.74, 6) is 1.24. The van der Waals surface area contributed by atoms with Gasteiger partial charge in [0.1, 0.15) is 12.4 Å². The average Bonchev–Trinajstić information content (AvgIpc) is 2.79. The Bertz CT molecular complexity index is 528. The molecule has 80 valence electrons. The quantitative estimate of drug-likeness (QED) is 0.761. The van der Waals surface area contributed by atoms with Crippen molar-refractivity contribution >= 4 is 0 Å². The van der Waals surface area contributed by atoms with Gasteiger partial charge in [0.2, 0.25) is 0 Å². The van der Waals surface area contributed by atoms with E-state index in [0.717, 1.165) is 0 Å². The normalized spacial score (nSPS) is 9.75. The molecule has 0 saturated heterocycles. The fourth-order valence-corrected chi connectivity index (χ4v) is 1.24. The largest absolute Gasteiger partial charge is 0.490 e. The van der Waals surface area contributed by atoms with E-state index in [-0.39, 0.29) is 5.82 Å². The lowest BCUT2D eigenvalue weighted by molar-refractivity contribution is 0.336. The summed E-state index contributed by atoms with van der Waals surface area (Å²) < 4.78 is 6.82. The number of ether oxygens (including phenoxy) is 1. The molecule has 0 bridgehead atoms. The van der Waals surface area contributed by atoms with Gasteiger partial charge in [0, 0.05) is 6.20 Å². The lowest BCUT2D eigenvalue weighted by atomic mass is 10.4. The third kappa shape index (κ3) is 1.83. The molecule has 0 aliphatic carbocycles. The number of aromatic nitrogens is 4. The van der Waals surface area contributed by atoms with Crippen LogP contribution in [0.4, 0.5) is 0 Å². The van der Waals surface area contributed by atoms with E-state index in [1.807, 2.05) is 13.0 Å². The van der Waals surface area contributed by atoms with E-state index in [9.17, 15) is 0 Å². The molecule has 0 radical (unpaired) electrons. The highest BCUT2D eigenvalue weighted by Gasteiger charge is 2.08. The van der Waals surface area contributed by atoms with Crippen LogP contribution in [0, 0.1) is 11.3 Å². The first-order valence-electron chi connectivity index (χ1n) is 4.75. The van der Waals surface area contributed by atoms with Gasteiger partial charge in [0.25, 0.3) is 5.82 Å². The van der Waals surface area contributed by atoms with Gasteiger partial charge in [-0.2, -0.15) is 9.94 Å². The Morgan fingerprint density at radius 3 is 3.06 bits per heavy atom. The SMILES string of the molecule is CCOc1cccnc1-n1cnc(C#N)n1. The minimum atomic E-state index is 0.105. The zero-order chi connectivity index (χ0) is 11.4. The van der Waals surface area contributed by atoms with Crippen molar-refractivity contribution in [2.24, 2.45) is 0 Å². The van der Waals surface area contributed by atoms with E-state index < -0.39 is 0 Å². The number of nitriles is 1. The van der Waals surface area contributed by atoms with E-state index in [1.54, 1.807) is 18.3 Å². The van der Waals surface area contributed by atoms with Crippen LogP contribution < -0.4 is 4.74 Å². The highest BCUT2D eigenvalue weighted by molar-refractivity contribution is 5.38. The molecule has 2 aromatic rings. The molecule has 16 heavy (non-hydrogen) atoms. The molecule has 6 heteroatoms. The fraction of sp³-hybridized carbons (Fsp3) is 0.200. The molecular weight excluding hydrogens is 206 g/mol. The standard InChI is InChI=1S/C10H9N5O/c1-2-16-8-4-3-5-12-10(8)15-7-13-9(6-11)14-15/h3-5,7H,2H2,1H3. The van der Waals surface area contributed by atoms with Crippen LogP contribution in [0.3, 0.4) is 0 Å². The highest BCUT2D eigenvalue weighted by Crippen LogP contribution is 2.18. The van der Waals surface area contributed by atoms with Crippen LogP contribution in [0.1, 0.15) is 12.7 Å². The average molecular weight is 215 g/mol. The molecule has 0 saturated carbocycles. The molecule has 0 spiro atoms. The van der Waals surface area contributed by atoms with Crippen LogP contribution in [0.5, 0.6) is 5.75 Å². The summed E-state index contributed by atoms with van der Waals surface area (Å²) in [5.41, 5.74) is 0. The molecule has 0 atom stereocenters. The Kier molecular flexibility index (Phi) is 2.78. The van der Waals surface area contributed by atoms with E-state index >= 15 is 0 Å². The Balaban J connectivity index is 2.43. The monoisotopic (exact) mass is 215 g/mol. The van der Waals surface area contributed by atoms with Crippen LogP contribution in [0.15, 0.2) is 24.7 Å². The van der Waals surface area contributed by atoms with Crippen molar-refractivity contribution < 1.29 is 4.74 Å². The lowest BCUT2D eigenvalue weighted by Crippen LogP contribution is -2.03. The number of nitrogens with zero attached hydrogens (tertiary/aromatic N) is 5. The third-order valence-corrected chi connectivity index (χ3v) is 1.86. The van der Waals surface area contributed by atoms with Crippen molar-refractivity contribution in [1.29, 1.82) is 5.26 Å². The van der Waals surface area contributed by atoms with Crippen molar-refractivity contribution in [1.82, 2.24) is 19.7 Å². The van der Waals surface area contributed by atoms with Crippen molar-refractivity contribution in [3.05, 3.63) is 30.5 Å². The molecule has 6 nitrogen and oxygen atoms in total. The summed E-state index contributed by atoms with van der Waals surface area (Å²) in [6, 6.07) is 5.42. The minimum absolute atomic E-state index is 0.105. The second-order valence-corrected chi connectivity index (χ2v) is 2.88. The molecule has 0 unspecified atom stereocenters. The first kappa shape index (κ1) is 10.1. The predicted molar refractivity (Wildman–Crippen MR) is 55.0 cm³/mol. The van der Waals surface area contributed by atoms with Crippen LogP contribution in [0.2, 0.25) is 0 Å². The maximum absolute atomic E-state index is 8.63. The van der Waals surface area contributed by atoms with Crippen LogP contribution in [-0.4, -0.2) is 26.4 Å². The topological polar surface area (TPSA) is 76.6 Å². The molecule has 0 aliphatic heterocycles. The zero-order valence-corrected chi connectivity index (χ0v) is 8.66. The van der Waals surface area contributed by atoms with Crippen molar-refractivity contribution in [3.8, 4) is 17.6 Å². The number of pyridine rings is 1. The smallest absolute Gasteiger partial charge is 0.252 e. The molecule has 2 rings (SSSR count). The van der Waals surface area contributed by atoms with Crippen LogP contribution in [0.25, 0.3) is 5.82 Å². The molecule has 0 amide bonds. The van der Waals surface area contributed by atoms with Gasteiger partial charge >= 0.3 is 0 Å². The fourth-order valence-electron chi connectivity index (χ4n) is 1.24. The van der Waals surface area contributed by atoms with Gasteiger partial charge < -0.3 is 4.74 Å². The van der Waals surface area contributed by atoms with E-state index in [4.69, 9.17) is 10.00 Å². The van der Waals surface area contributed by atoms with E-state index in [1.165, 1.54) is 11.0 Å². The van der Waals surface area contributed by atoms with Gasteiger partial charge in [-0.15, -0.1) is 5.10 Å². The Morgan fingerprint density at radius 2 is 2.38 bits per heavy atom. The number of rotatable bonds is 3. The van der Waals surface area contributed by atoms with E-state index in [0.29, 0.717) is 18.2 Å². The maximum atomic E-state index is 8.63. The van der Waals surface area contributed by atoms with Gasteiger partial charge in [0.05, 0.1) is 6.61 Å². The molecular formula is C10H9N5O. The van der Waals surface area contributed by atoms with Crippen LogP contribution >= 0.6 is 0 Å². The Labute approximate surface area is 92.1 Å². The van der Waals surface area contributed by atoms with Crippen molar-refractivity contribution in [3.63, 3.8) is 0 Å².